The second kappa shape index (κ2) is 11.6. The first-order valence-electron chi connectivity index (χ1n) is 11.2. The third-order valence-electron chi connectivity index (χ3n) is 5.07. The molecule has 37 heavy (non-hydrogen) atoms. The molecular weight excluding hydrogens is 490 g/mol. The Hall–Kier alpha value is -4.29. The molecule has 2 heterocycles. The number of rotatable bonds is 11. The predicted molar refractivity (Wildman–Crippen MR) is 130 cm³/mol. The van der Waals surface area contributed by atoms with Crippen molar-refractivity contribution < 1.29 is 37.3 Å². The van der Waals surface area contributed by atoms with E-state index in [1.54, 1.807) is 49.7 Å². The minimum Gasteiger partial charge on any atom is -0.395 e. The number of alkyl halides is 2. The van der Waals surface area contributed by atoms with Crippen molar-refractivity contribution in [3.8, 4) is 11.5 Å². The molecule has 1 aliphatic rings. The summed E-state index contributed by atoms with van der Waals surface area (Å²) in [7, 11) is 1.54. The molecule has 0 bridgehead atoms. The van der Waals surface area contributed by atoms with Crippen LogP contribution < -0.4 is 25.4 Å². The van der Waals surface area contributed by atoms with Gasteiger partial charge in [0, 0.05) is 37.3 Å². The smallest absolute Gasteiger partial charge is 0.395 e. The number of hydrogen-bond donors (Lipinski definition) is 3. The standard InChI is InChI=1S/C25H24F2N4O6/c1-34-10-11-35-15-23(32)31-22-12-16(8-9-28-22)14-29-19-5-3-2-4-18(19)24(33)30-17-6-7-20-21(13-17)37-25(26,27)36-20/h2-9,12-13,29H,10-11,14-15H2,1H3,(H,30,33)(H,28,31,32). The van der Waals surface area contributed by atoms with E-state index in [9.17, 15) is 18.4 Å². The van der Waals surface area contributed by atoms with Crippen LogP contribution in [0.5, 0.6) is 11.5 Å². The molecule has 0 saturated heterocycles. The Morgan fingerprint density at radius 2 is 1.81 bits per heavy atom. The number of fused-ring (bicyclic) bond motifs is 1. The number of pyridine rings is 1. The van der Waals surface area contributed by atoms with Crippen molar-refractivity contribution in [2.75, 3.05) is 42.9 Å². The first-order chi connectivity index (χ1) is 17.8. The first kappa shape index (κ1) is 25.8. The van der Waals surface area contributed by atoms with Gasteiger partial charge in [-0.05, 0) is 42.0 Å². The molecule has 2 aromatic carbocycles. The zero-order chi connectivity index (χ0) is 26.3. The van der Waals surface area contributed by atoms with Crippen molar-refractivity contribution in [3.05, 3.63) is 71.9 Å². The molecule has 4 rings (SSSR count). The lowest BCUT2D eigenvalue weighted by Crippen LogP contribution is -2.25. The Bertz CT molecular complexity index is 1270. The van der Waals surface area contributed by atoms with Crippen molar-refractivity contribution in [1.29, 1.82) is 0 Å². The molecule has 2 amide bonds. The fraction of sp³-hybridized carbons (Fsp3) is 0.240. The third kappa shape index (κ3) is 7.12. The second-order valence-corrected chi connectivity index (χ2v) is 7.83. The van der Waals surface area contributed by atoms with Crippen molar-refractivity contribution >= 4 is 29.0 Å². The van der Waals surface area contributed by atoms with Crippen LogP contribution in [0.15, 0.2) is 60.8 Å². The van der Waals surface area contributed by atoms with Crippen molar-refractivity contribution in [2.45, 2.75) is 12.8 Å². The van der Waals surface area contributed by atoms with E-state index < -0.39 is 12.2 Å². The summed E-state index contributed by atoms with van der Waals surface area (Å²) in [5, 5.41) is 8.53. The summed E-state index contributed by atoms with van der Waals surface area (Å²) in [5.74, 6) is -0.722. The van der Waals surface area contributed by atoms with Crippen molar-refractivity contribution in [3.63, 3.8) is 0 Å². The van der Waals surface area contributed by atoms with Crippen molar-refractivity contribution in [1.82, 2.24) is 4.98 Å². The van der Waals surface area contributed by atoms with Gasteiger partial charge in [0.15, 0.2) is 11.5 Å². The number of para-hydroxylation sites is 1. The molecule has 0 radical (unpaired) electrons. The Morgan fingerprint density at radius 1 is 1.00 bits per heavy atom. The molecule has 0 unspecified atom stereocenters. The number of nitrogens with zero attached hydrogens (tertiary/aromatic N) is 1. The number of ether oxygens (including phenoxy) is 4. The lowest BCUT2D eigenvalue weighted by atomic mass is 10.1. The minimum absolute atomic E-state index is 0.114. The van der Waals surface area contributed by atoms with E-state index in [0.29, 0.717) is 36.8 Å². The number of benzene rings is 2. The summed E-state index contributed by atoms with van der Waals surface area (Å²) < 4.78 is 45.4. The van der Waals surface area contributed by atoms with E-state index in [0.717, 1.165) is 5.56 Å². The monoisotopic (exact) mass is 514 g/mol. The van der Waals surface area contributed by atoms with E-state index in [1.807, 2.05) is 0 Å². The zero-order valence-electron chi connectivity index (χ0n) is 19.8. The molecule has 0 fully saturated rings. The molecule has 194 valence electrons. The Labute approximate surface area is 210 Å². The predicted octanol–water partition coefficient (Wildman–Crippen LogP) is 3.87. The zero-order valence-corrected chi connectivity index (χ0v) is 19.8. The highest BCUT2D eigenvalue weighted by Gasteiger charge is 2.43. The van der Waals surface area contributed by atoms with Gasteiger partial charge in [-0.15, -0.1) is 8.78 Å². The maximum atomic E-state index is 13.3. The number of anilines is 3. The van der Waals surface area contributed by atoms with Crippen LogP contribution in [0.1, 0.15) is 15.9 Å². The normalized spacial score (nSPS) is 13.2. The van der Waals surface area contributed by atoms with Gasteiger partial charge >= 0.3 is 6.29 Å². The van der Waals surface area contributed by atoms with E-state index in [1.165, 1.54) is 18.2 Å². The fourth-order valence-electron chi connectivity index (χ4n) is 3.40. The summed E-state index contributed by atoms with van der Waals surface area (Å²) in [4.78, 5) is 29.1. The van der Waals surface area contributed by atoms with Gasteiger partial charge in [0.1, 0.15) is 12.4 Å². The van der Waals surface area contributed by atoms with Gasteiger partial charge in [-0.25, -0.2) is 4.98 Å². The van der Waals surface area contributed by atoms with Gasteiger partial charge in [0.25, 0.3) is 11.8 Å². The molecule has 12 heteroatoms. The number of carbonyl (C=O) groups is 2. The van der Waals surface area contributed by atoms with Crippen LogP contribution in [0.3, 0.4) is 0 Å². The molecule has 0 spiro atoms. The molecule has 0 atom stereocenters. The van der Waals surface area contributed by atoms with Crippen molar-refractivity contribution in [2.24, 2.45) is 0 Å². The summed E-state index contributed by atoms with van der Waals surface area (Å²) in [6.45, 7) is 0.904. The van der Waals surface area contributed by atoms with Gasteiger partial charge in [-0.3, -0.25) is 9.59 Å². The molecular formula is C25H24F2N4O6. The second-order valence-electron chi connectivity index (χ2n) is 7.83. The van der Waals surface area contributed by atoms with Crippen LogP contribution in [-0.4, -0.2) is 50.0 Å². The molecule has 0 aliphatic carbocycles. The molecule has 1 aromatic heterocycles. The summed E-state index contributed by atoms with van der Waals surface area (Å²) in [6, 6.07) is 14.3. The van der Waals surface area contributed by atoms with E-state index in [-0.39, 0.29) is 29.7 Å². The van der Waals surface area contributed by atoms with Gasteiger partial charge in [0.05, 0.1) is 18.8 Å². The molecule has 3 aromatic rings. The number of nitrogens with one attached hydrogen (secondary N) is 3. The van der Waals surface area contributed by atoms with E-state index >= 15 is 0 Å². The van der Waals surface area contributed by atoms with Gasteiger partial charge < -0.3 is 34.9 Å². The number of halogens is 2. The quantitative estimate of drug-likeness (QED) is 0.330. The third-order valence-corrected chi connectivity index (χ3v) is 5.07. The number of methoxy groups -OCH3 is 1. The summed E-state index contributed by atoms with van der Waals surface area (Å²) in [5.41, 5.74) is 1.94. The molecule has 3 N–H and O–H groups in total. The number of hydrogen-bond acceptors (Lipinski definition) is 8. The summed E-state index contributed by atoms with van der Waals surface area (Å²) in [6.07, 6.45) is -2.19. The maximum absolute atomic E-state index is 13.3. The number of aromatic nitrogens is 1. The minimum atomic E-state index is -3.74. The molecule has 1 aliphatic heterocycles. The van der Waals surface area contributed by atoms with Crippen LogP contribution in [0.2, 0.25) is 0 Å². The largest absolute Gasteiger partial charge is 0.586 e. The maximum Gasteiger partial charge on any atom is 0.586 e. The van der Waals surface area contributed by atoms with Gasteiger partial charge in [-0.2, -0.15) is 0 Å². The fourth-order valence-corrected chi connectivity index (χ4v) is 3.40. The van der Waals surface area contributed by atoms with Crippen LogP contribution in [0, 0.1) is 0 Å². The SMILES string of the molecule is COCCOCC(=O)Nc1cc(CNc2ccccc2C(=O)Nc2ccc3c(c2)OC(F)(F)O3)ccn1. The molecule has 10 nitrogen and oxygen atoms in total. The lowest BCUT2D eigenvalue weighted by Gasteiger charge is -2.13. The van der Waals surface area contributed by atoms with Crippen LogP contribution in [-0.2, 0) is 20.8 Å². The highest BCUT2D eigenvalue weighted by atomic mass is 19.3. The van der Waals surface area contributed by atoms with Crippen LogP contribution in [0.4, 0.5) is 26.0 Å². The molecule has 0 saturated carbocycles. The average molecular weight is 514 g/mol. The van der Waals surface area contributed by atoms with E-state index in [2.05, 4.69) is 30.4 Å². The van der Waals surface area contributed by atoms with Gasteiger partial charge in [-0.1, -0.05) is 12.1 Å². The number of amides is 2. The van der Waals surface area contributed by atoms with Crippen LogP contribution >= 0.6 is 0 Å². The Balaban J connectivity index is 1.36. The lowest BCUT2D eigenvalue weighted by molar-refractivity contribution is -0.286. The average Bonchev–Trinajstić information content (AvgIpc) is 3.19. The highest BCUT2D eigenvalue weighted by molar-refractivity contribution is 6.08. The van der Waals surface area contributed by atoms with Gasteiger partial charge in [0.2, 0.25) is 0 Å². The highest BCUT2D eigenvalue weighted by Crippen LogP contribution is 2.42. The first-order valence-corrected chi connectivity index (χ1v) is 11.2. The number of carbonyl (C=O) groups excluding carboxylic acids is 2. The van der Waals surface area contributed by atoms with E-state index in [4.69, 9.17) is 9.47 Å². The Kier molecular flexibility index (Phi) is 8.11. The summed E-state index contributed by atoms with van der Waals surface area (Å²) >= 11 is 0. The van der Waals surface area contributed by atoms with Crippen LogP contribution in [0.25, 0.3) is 0 Å². The topological polar surface area (TPSA) is 120 Å². The Morgan fingerprint density at radius 3 is 2.65 bits per heavy atom.